The lowest BCUT2D eigenvalue weighted by Crippen LogP contribution is -2.28. The van der Waals surface area contributed by atoms with Gasteiger partial charge in [-0.1, -0.05) is 15.9 Å². The van der Waals surface area contributed by atoms with E-state index in [-0.39, 0.29) is 12.5 Å². The molecule has 1 aromatic carbocycles. The molecule has 0 radical (unpaired) electrons. The molecule has 0 bridgehead atoms. The van der Waals surface area contributed by atoms with Crippen molar-refractivity contribution in [2.75, 3.05) is 20.2 Å². The maximum Gasteiger partial charge on any atom is 0.270 e. The van der Waals surface area contributed by atoms with Crippen LogP contribution in [0.25, 0.3) is 10.9 Å². The molecule has 5 heteroatoms. The third kappa shape index (κ3) is 2.05. The van der Waals surface area contributed by atoms with Gasteiger partial charge in [-0.15, -0.1) is 0 Å². The van der Waals surface area contributed by atoms with Gasteiger partial charge in [0.2, 0.25) is 0 Å². The van der Waals surface area contributed by atoms with Gasteiger partial charge in [0.1, 0.15) is 5.69 Å². The average Bonchev–Trinajstić information content (AvgIpc) is 2.63. The molecular weight excluding hydrogens is 320 g/mol. The Hall–Kier alpha value is -1.33. The van der Waals surface area contributed by atoms with Crippen LogP contribution in [-0.2, 0) is 13.0 Å². The topological polar surface area (TPSA) is 45.5 Å². The zero-order chi connectivity index (χ0) is 14.3. The van der Waals surface area contributed by atoms with Crippen molar-refractivity contribution in [2.24, 2.45) is 0 Å². The molecule has 0 aliphatic carbocycles. The van der Waals surface area contributed by atoms with E-state index in [1.165, 1.54) is 0 Å². The van der Waals surface area contributed by atoms with E-state index in [0.29, 0.717) is 6.54 Å². The molecule has 2 heterocycles. The number of aliphatic hydroxyl groups is 1. The Morgan fingerprint density at radius 2 is 2.20 bits per heavy atom. The summed E-state index contributed by atoms with van der Waals surface area (Å²) in [6.07, 6.45) is 1.87. The molecule has 1 aromatic heterocycles. The highest BCUT2D eigenvalue weighted by Crippen LogP contribution is 2.32. The zero-order valence-corrected chi connectivity index (χ0v) is 13.0. The third-order valence-electron chi connectivity index (χ3n) is 3.92. The van der Waals surface area contributed by atoms with Gasteiger partial charge in [0.15, 0.2) is 0 Å². The first-order chi connectivity index (χ1) is 9.63. The van der Waals surface area contributed by atoms with Crippen LogP contribution in [0.1, 0.15) is 22.5 Å². The first kappa shape index (κ1) is 13.6. The molecule has 4 nitrogen and oxygen atoms in total. The average molecular weight is 337 g/mol. The molecule has 20 heavy (non-hydrogen) atoms. The van der Waals surface area contributed by atoms with Gasteiger partial charge in [-0.25, -0.2) is 0 Å². The third-order valence-corrected chi connectivity index (χ3v) is 4.42. The molecule has 106 valence electrons. The van der Waals surface area contributed by atoms with Crippen LogP contribution < -0.4 is 0 Å². The van der Waals surface area contributed by atoms with Crippen molar-refractivity contribution in [3.05, 3.63) is 33.9 Å². The number of benzene rings is 1. The number of nitrogens with zero attached hydrogens (tertiary/aromatic N) is 2. The minimum atomic E-state index is 0.0310. The van der Waals surface area contributed by atoms with Gasteiger partial charge in [-0.05, 0) is 36.6 Å². The number of carbonyl (C=O) groups is 1. The van der Waals surface area contributed by atoms with Crippen molar-refractivity contribution in [1.29, 1.82) is 0 Å². The van der Waals surface area contributed by atoms with Gasteiger partial charge >= 0.3 is 0 Å². The molecule has 0 unspecified atom stereocenters. The summed E-state index contributed by atoms with van der Waals surface area (Å²) in [7, 11) is 1.84. The van der Waals surface area contributed by atoms with Crippen LogP contribution in [0, 0.1) is 0 Å². The Morgan fingerprint density at radius 3 is 2.95 bits per heavy atom. The van der Waals surface area contributed by atoms with E-state index in [1.807, 2.05) is 23.7 Å². The normalized spacial score (nSPS) is 15.6. The van der Waals surface area contributed by atoms with Crippen molar-refractivity contribution in [3.63, 3.8) is 0 Å². The second-order valence-electron chi connectivity index (χ2n) is 5.19. The lowest BCUT2D eigenvalue weighted by molar-refractivity contribution is 0.0789. The van der Waals surface area contributed by atoms with Crippen LogP contribution in [0.4, 0.5) is 0 Å². The van der Waals surface area contributed by atoms with Gasteiger partial charge in [0, 0.05) is 35.5 Å². The van der Waals surface area contributed by atoms with Crippen LogP contribution in [0.15, 0.2) is 22.7 Å². The highest BCUT2D eigenvalue weighted by Gasteiger charge is 2.27. The monoisotopic (exact) mass is 336 g/mol. The molecule has 0 spiro atoms. The minimum Gasteiger partial charge on any atom is -0.395 e. The molecule has 0 atom stereocenters. The van der Waals surface area contributed by atoms with Crippen molar-refractivity contribution in [3.8, 4) is 0 Å². The Morgan fingerprint density at radius 1 is 1.40 bits per heavy atom. The van der Waals surface area contributed by atoms with Crippen LogP contribution in [-0.4, -0.2) is 40.7 Å². The fraction of sp³-hybridized carbons (Fsp3) is 0.400. The highest BCUT2D eigenvalue weighted by molar-refractivity contribution is 9.10. The molecular formula is C15H17BrN2O2. The molecule has 1 aliphatic heterocycles. The number of halogens is 1. The predicted molar refractivity (Wildman–Crippen MR) is 82.0 cm³/mol. The van der Waals surface area contributed by atoms with Crippen molar-refractivity contribution in [1.82, 2.24) is 9.47 Å². The first-order valence-corrected chi connectivity index (χ1v) is 7.59. The second-order valence-corrected chi connectivity index (χ2v) is 6.11. The van der Waals surface area contributed by atoms with E-state index in [9.17, 15) is 9.90 Å². The van der Waals surface area contributed by atoms with Crippen LogP contribution >= 0.6 is 15.9 Å². The summed E-state index contributed by atoms with van der Waals surface area (Å²) in [6, 6.07) is 6.06. The summed E-state index contributed by atoms with van der Waals surface area (Å²) in [6.45, 7) is 1.26. The number of aromatic nitrogens is 1. The summed E-state index contributed by atoms with van der Waals surface area (Å²) in [4.78, 5) is 14.4. The SMILES string of the molecule is CN1CCCc2c(n(CCO)c3ccc(Br)cc23)C1=O. The maximum absolute atomic E-state index is 12.6. The number of rotatable bonds is 2. The number of aliphatic hydroxyl groups excluding tert-OH is 1. The van der Waals surface area contributed by atoms with E-state index in [4.69, 9.17) is 0 Å². The molecule has 2 aromatic rings. The van der Waals surface area contributed by atoms with Crippen LogP contribution in [0.3, 0.4) is 0 Å². The summed E-state index contributed by atoms with van der Waals surface area (Å²) in [5.41, 5.74) is 2.88. The predicted octanol–water partition coefficient (Wildman–Crippen LogP) is 2.41. The molecule has 3 rings (SSSR count). The Kier molecular flexibility index (Phi) is 3.56. The largest absolute Gasteiger partial charge is 0.395 e. The van der Waals surface area contributed by atoms with Gasteiger partial charge in [-0.3, -0.25) is 4.79 Å². The summed E-state index contributed by atoms with van der Waals surface area (Å²) in [5.74, 6) is 0.0540. The number of fused-ring (bicyclic) bond motifs is 3. The van der Waals surface area contributed by atoms with E-state index in [1.54, 1.807) is 4.90 Å². The molecule has 1 amide bonds. The number of hydrogen-bond donors (Lipinski definition) is 1. The highest BCUT2D eigenvalue weighted by atomic mass is 79.9. The lowest BCUT2D eigenvalue weighted by Gasteiger charge is -2.16. The Labute approximate surface area is 126 Å². The molecule has 1 N–H and O–H groups in total. The smallest absolute Gasteiger partial charge is 0.270 e. The fourth-order valence-electron chi connectivity index (χ4n) is 3.00. The Bertz CT molecular complexity index is 678. The maximum atomic E-state index is 12.6. The fourth-order valence-corrected chi connectivity index (χ4v) is 3.36. The number of carbonyl (C=O) groups excluding carboxylic acids is 1. The van der Waals surface area contributed by atoms with Gasteiger partial charge in [0.05, 0.1) is 6.61 Å². The number of hydrogen-bond acceptors (Lipinski definition) is 2. The Balaban J connectivity index is 2.33. The van der Waals surface area contributed by atoms with E-state index in [2.05, 4.69) is 22.0 Å². The quantitative estimate of drug-likeness (QED) is 0.915. The summed E-state index contributed by atoms with van der Waals surface area (Å²) >= 11 is 3.50. The van der Waals surface area contributed by atoms with Crippen LogP contribution in [0.5, 0.6) is 0 Å². The van der Waals surface area contributed by atoms with E-state index >= 15 is 0 Å². The van der Waals surface area contributed by atoms with Crippen LogP contribution in [0.2, 0.25) is 0 Å². The standard InChI is InChI=1S/C15H17BrN2O2/c1-17-6-2-3-11-12-9-10(16)4-5-13(12)18(7-8-19)14(11)15(17)20/h4-5,9,19H,2-3,6-8H2,1H3. The molecule has 1 aliphatic rings. The molecule has 0 saturated heterocycles. The van der Waals surface area contributed by atoms with E-state index < -0.39 is 0 Å². The lowest BCUT2D eigenvalue weighted by atomic mass is 10.1. The van der Waals surface area contributed by atoms with Gasteiger partial charge in [-0.2, -0.15) is 0 Å². The zero-order valence-electron chi connectivity index (χ0n) is 11.4. The van der Waals surface area contributed by atoms with Crippen molar-refractivity contribution < 1.29 is 9.90 Å². The molecule has 0 fully saturated rings. The van der Waals surface area contributed by atoms with E-state index in [0.717, 1.165) is 46.0 Å². The summed E-state index contributed by atoms with van der Waals surface area (Å²) < 4.78 is 2.97. The molecule has 0 saturated carbocycles. The van der Waals surface area contributed by atoms with Gasteiger partial charge in [0.25, 0.3) is 5.91 Å². The van der Waals surface area contributed by atoms with Gasteiger partial charge < -0.3 is 14.6 Å². The minimum absolute atomic E-state index is 0.0310. The number of amides is 1. The second kappa shape index (κ2) is 5.22. The van der Waals surface area contributed by atoms with Crippen molar-refractivity contribution >= 4 is 32.7 Å². The van der Waals surface area contributed by atoms with Crippen molar-refractivity contribution in [2.45, 2.75) is 19.4 Å². The summed E-state index contributed by atoms with van der Waals surface area (Å²) in [5, 5.41) is 10.4. The first-order valence-electron chi connectivity index (χ1n) is 6.80. The number of aryl methyl sites for hydroxylation is 1.